The smallest absolute Gasteiger partial charge is 0.255 e. The lowest BCUT2D eigenvalue weighted by atomic mass is 10.0. The number of hydrogen-bond donors (Lipinski definition) is 2. The van der Waals surface area contributed by atoms with Crippen LogP contribution in [-0.4, -0.2) is 49.0 Å². The fourth-order valence-corrected chi connectivity index (χ4v) is 4.08. The Morgan fingerprint density at radius 1 is 1.03 bits per heavy atom. The molecule has 3 unspecified atom stereocenters. The Hall–Kier alpha value is -2.86. The van der Waals surface area contributed by atoms with Crippen molar-refractivity contribution in [3.63, 3.8) is 0 Å². The molecule has 3 atom stereocenters. The van der Waals surface area contributed by atoms with Crippen LogP contribution in [0.1, 0.15) is 49.2 Å². The van der Waals surface area contributed by atoms with Crippen LogP contribution >= 0.6 is 0 Å². The Labute approximate surface area is 185 Å². The Morgan fingerprint density at radius 3 is 2.39 bits per heavy atom. The molecule has 1 saturated heterocycles. The van der Waals surface area contributed by atoms with E-state index in [0.29, 0.717) is 17.4 Å². The van der Waals surface area contributed by atoms with Gasteiger partial charge in [0.25, 0.3) is 5.91 Å². The molecule has 6 nitrogen and oxygen atoms in total. The van der Waals surface area contributed by atoms with Crippen LogP contribution in [0.3, 0.4) is 0 Å². The van der Waals surface area contributed by atoms with Crippen LogP contribution < -0.4 is 15.4 Å². The molecule has 2 aromatic rings. The van der Waals surface area contributed by atoms with Gasteiger partial charge in [-0.1, -0.05) is 56.3 Å². The summed E-state index contributed by atoms with van der Waals surface area (Å²) >= 11 is 0. The van der Waals surface area contributed by atoms with Gasteiger partial charge in [0.1, 0.15) is 11.8 Å². The maximum absolute atomic E-state index is 13.0. The van der Waals surface area contributed by atoms with Crippen molar-refractivity contribution in [1.29, 1.82) is 0 Å². The van der Waals surface area contributed by atoms with Crippen LogP contribution in [0.5, 0.6) is 5.75 Å². The average Bonchev–Trinajstić information content (AvgIpc) is 3.25. The highest BCUT2D eigenvalue weighted by Crippen LogP contribution is 2.24. The van der Waals surface area contributed by atoms with Crippen LogP contribution in [0.2, 0.25) is 0 Å². The predicted octanol–water partition coefficient (Wildman–Crippen LogP) is 3.40. The minimum Gasteiger partial charge on any atom is -0.496 e. The van der Waals surface area contributed by atoms with E-state index in [4.69, 9.17) is 4.74 Å². The molecular weight excluding hydrogens is 390 g/mol. The van der Waals surface area contributed by atoms with Gasteiger partial charge in [-0.3, -0.25) is 14.5 Å². The summed E-state index contributed by atoms with van der Waals surface area (Å²) in [5.41, 5.74) is 1.70. The third-order valence-corrected chi connectivity index (χ3v) is 5.98. The highest BCUT2D eigenvalue weighted by atomic mass is 16.5. The zero-order chi connectivity index (χ0) is 22.4. The topological polar surface area (TPSA) is 70.7 Å². The van der Waals surface area contributed by atoms with Crippen molar-refractivity contribution < 1.29 is 14.3 Å². The first-order valence-electron chi connectivity index (χ1n) is 10.9. The molecule has 2 aromatic carbocycles. The number of rotatable bonds is 8. The Bertz CT molecular complexity index is 885. The van der Waals surface area contributed by atoms with Crippen molar-refractivity contribution in [2.45, 2.75) is 45.3 Å². The summed E-state index contributed by atoms with van der Waals surface area (Å²) < 4.78 is 5.28. The minimum atomic E-state index is -0.613. The highest BCUT2D eigenvalue weighted by molar-refractivity contribution is 5.99. The lowest BCUT2D eigenvalue weighted by Gasteiger charge is -2.26. The van der Waals surface area contributed by atoms with Crippen LogP contribution in [-0.2, 0) is 4.79 Å². The summed E-state index contributed by atoms with van der Waals surface area (Å²) in [6.45, 7) is 7.80. The van der Waals surface area contributed by atoms with Gasteiger partial charge in [-0.15, -0.1) is 0 Å². The van der Waals surface area contributed by atoms with Crippen molar-refractivity contribution >= 4 is 11.8 Å². The number of nitrogens with one attached hydrogen (secondary N) is 2. The monoisotopic (exact) mass is 423 g/mol. The largest absolute Gasteiger partial charge is 0.496 e. The third kappa shape index (κ3) is 5.64. The third-order valence-electron chi connectivity index (χ3n) is 5.98. The zero-order valence-corrected chi connectivity index (χ0v) is 18.8. The van der Waals surface area contributed by atoms with Crippen LogP contribution in [0.4, 0.5) is 0 Å². The first kappa shape index (κ1) is 22.8. The van der Waals surface area contributed by atoms with Gasteiger partial charge in [0.2, 0.25) is 5.91 Å². The van der Waals surface area contributed by atoms with E-state index in [0.717, 1.165) is 19.5 Å². The van der Waals surface area contributed by atoms with Gasteiger partial charge in [0.05, 0.1) is 12.7 Å². The van der Waals surface area contributed by atoms with Gasteiger partial charge in [0.15, 0.2) is 0 Å². The van der Waals surface area contributed by atoms with Crippen molar-refractivity contribution in [1.82, 2.24) is 15.5 Å². The van der Waals surface area contributed by atoms with Crippen molar-refractivity contribution in [3.05, 3.63) is 65.7 Å². The standard InChI is InChI=1S/C25H33N3O3/c1-17(2)23(27-24(29)21-12-8-9-13-22(21)31-4)25(30)26-20-14-15-28(16-20)18(3)19-10-6-5-7-11-19/h5-13,17-18,20,23H,14-16H2,1-4H3,(H,26,30)(H,27,29). The van der Waals surface area contributed by atoms with Crippen molar-refractivity contribution in [2.24, 2.45) is 5.92 Å². The van der Waals surface area contributed by atoms with Gasteiger partial charge < -0.3 is 15.4 Å². The number of ether oxygens (including phenoxy) is 1. The van der Waals surface area contributed by atoms with E-state index in [1.165, 1.54) is 12.7 Å². The van der Waals surface area contributed by atoms with Crippen LogP contribution in [0.15, 0.2) is 54.6 Å². The molecule has 0 aromatic heterocycles. The lowest BCUT2D eigenvalue weighted by Crippen LogP contribution is -2.52. The SMILES string of the molecule is COc1ccccc1C(=O)NC(C(=O)NC1CCN(C(C)c2ccccc2)C1)C(C)C. The maximum Gasteiger partial charge on any atom is 0.255 e. The van der Waals surface area contributed by atoms with Gasteiger partial charge in [-0.05, 0) is 37.0 Å². The molecule has 166 valence electrons. The van der Waals surface area contributed by atoms with E-state index < -0.39 is 6.04 Å². The summed E-state index contributed by atoms with van der Waals surface area (Å²) in [5, 5.41) is 6.05. The molecule has 1 fully saturated rings. The second-order valence-corrected chi connectivity index (χ2v) is 8.47. The van der Waals surface area contributed by atoms with Crippen LogP contribution in [0.25, 0.3) is 0 Å². The van der Waals surface area contributed by atoms with E-state index in [2.05, 4.69) is 46.7 Å². The number of methoxy groups -OCH3 is 1. The van der Waals surface area contributed by atoms with E-state index >= 15 is 0 Å². The van der Waals surface area contributed by atoms with Gasteiger partial charge in [0, 0.05) is 25.2 Å². The molecule has 31 heavy (non-hydrogen) atoms. The molecule has 0 spiro atoms. The average molecular weight is 424 g/mol. The predicted molar refractivity (Wildman–Crippen MR) is 122 cm³/mol. The molecule has 2 N–H and O–H groups in total. The summed E-state index contributed by atoms with van der Waals surface area (Å²) in [6, 6.07) is 17.2. The maximum atomic E-state index is 13.0. The summed E-state index contributed by atoms with van der Waals surface area (Å²) in [4.78, 5) is 28.2. The molecule has 2 amide bonds. The molecule has 1 heterocycles. The zero-order valence-electron chi connectivity index (χ0n) is 18.8. The van der Waals surface area contributed by atoms with E-state index in [1.54, 1.807) is 18.2 Å². The highest BCUT2D eigenvalue weighted by Gasteiger charge is 2.31. The summed E-state index contributed by atoms with van der Waals surface area (Å²) in [5.74, 6) is -0.00170. The summed E-state index contributed by atoms with van der Waals surface area (Å²) in [6.07, 6.45) is 0.897. The summed E-state index contributed by atoms with van der Waals surface area (Å²) in [7, 11) is 1.53. The van der Waals surface area contributed by atoms with E-state index in [-0.39, 0.29) is 23.8 Å². The molecule has 1 aliphatic heterocycles. The van der Waals surface area contributed by atoms with Crippen molar-refractivity contribution in [3.8, 4) is 5.75 Å². The number of likely N-dealkylation sites (tertiary alicyclic amines) is 1. The second kappa shape index (κ2) is 10.4. The second-order valence-electron chi connectivity index (χ2n) is 8.47. The Morgan fingerprint density at radius 2 is 1.71 bits per heavy atom. The number of carbonyl (C=O) groups is 2. The van der Waals surface area contributed by atoms with E-state index in [9.17, 15) is 9.59 Å². The number of nitrogens with zero attached hydrogens (tertiary/aromatic N) is 1. The fourth-order valence-electron chi connectivity index (χ4n) is 4.08. The van der Waals surface area contributed by atoms with E-state index in [1.807, 2.05) is 26.0 Å². The van der Waals surface area contributed by atoms with Crippen molar-refractivity contribution in [2.75, 3.05) is 20.2 Å². The fraction of sp³-hybridized carbons (Fsp3) is 0.440. The molecule has 1 aliphatic rings. The Kier molecular flexibility index (Phi) is 7.69. The number of benzene rings is 2. The minimum absolute atomic E-state index is 0.0422. The molecule has 0 radical (unpaired) electrons. The molecule has 6 heteroatoms. The number of hydrogen-bond acceptors (Lipinski definition) is 4. The first-order valence-corrected chi connectivity index (χ1v) is 10.9. The normalized spacial score (nSPS) is 18.4. The first-order chi connectivity index (χ1) is 14.9. The Balaban J connectivity index is 1.60. The number of carbonyl (C=O) groups excluding carboxylic acids is 2. The number of para-hydroxylation sites is 1. The lowest BCUT2D eigenvalue weighted by molar-refractivity contribution is -0.124. The molecule has 3 rings (SSSR count). The van der Waals surface area contributed by atoms with Gasteiger partial charge in [-0.25, -0.2) is 0 Å². The van der Waals surface area contributed by atoms with Gasteiger partial charge in [-0.2, -0.15) is 0 Å². The van der Waals surface area contributed by atoms with Crippen LogP contribution in [0, 0.1) is 5.92 Å². The molecule has 0 aliphatic carbocycles. The van der Waals surface area contributed by atoms with Gasteiger partial charge >= 0.3 is 0 Å². The quantitative estimate of drug-likeness (QED) is 0.683. The molecular formula is C25H33N3O3. The molecule has 0 bridgehead atoms. The molecule has 0 saturated carbocycles. The number of amides is 2.